The van der Waals surface area contributed by atoms with E-state index < -0.39 is 5.97 Å². The van der Waals surface area contributed by atoms with E-state index in [0.717, 1.165) is 37.0 Å². The van der Waals surface area contributed by atoms with Gasteiger partial charge in [0.05, 0.1) is 5.69 Å². The fourth-order valence-electron chi connectivity index (χ4n) is 2.90. The first kappa shape index (κ1) is 14.0. The number of nitrogens with zero attached hydrogens (tertiary/aromatic N) is 2. The summed E-state index contributed by atoms with van der Waals surface area (Å²) < 4.78 is 18.6. The van der Waals surface area contributed by atoms with Gasteiger partial charge in [-0.2, -0.15) is 0 Å². The number of hydrogen-bond donors (Lipinski definition) is 0. The Morgan fingerprint density at radius 3 is 2.90 bits per heavy atom. The highest BCUT2D eigenvalue weighted by atomic mass is 19.1. The van der Waals surface area contributed by atoms with E-state index in [9.17, 15) is 14.3 Å². The van der Waals surface area contributed by atoms with Gasteiger partial charge in [0, 0.05) is 23.8 Å². The first-order chi connectivity index (χ1) is 10.1. The van der Waals surface area contributed by atoms with Crippen molar-refractivity contribution >= 4 is 16.9 Å². The van der Waals surface area contributed by atoms with Gasteiger partial charge in [0.15, 0.2) is 5.58 Å². The highest BCUT2D eigenvalue weighted by molar-refractivity contribution is 5.79. The molecule has 2 aromatic rings. The second kappa shape index (κ2) is 5.81. The second-order valence-corrected chi connectivity index (χ2v) is 5.45. The lowest BCUT2D eigenvalue weighted by Gasteiger charge is -2.31. The molecule has 1 aromatic carbocycles. The van der Waals surface area contributed by atoms with Crippen molar-refractivity contribution in [2.24, 2.45) is 0 Å². The molecule has 21 heavy (non-hydrogen) atoms. The minimum atomic E-state index is -1.02. The first-order valence-electron chi connectivity index (χ1n) is 7.10. The Kier molecular flexibility index (Phi) is 3.88. The van der Waals surface area contributed by atoms with Crippen LogP contribution in [0.5, 0.6) is 0 Å². The predicted molar refractivity (Wildman–Crippen MR) is 72.0 cm³/mol. The largest absolute Gasteiger partial charge is 0.550 e. The van der Waals surface area contributed by atoms with Crippen LogP contribution in [0.15, 0.2) is 22.7 Å². The van der Waals surface area contributed by atoms with Gasteiger partial charge < -0.3 is 19.3 Å². The summed E-state index contributed by atoms with van der Waals surface area (Å²) in [6.45, 7) is 2.13. The molecule has 112 valence electrons. The number of carboxylic acids is 1. The van der Waals surface area contributed by atoms with E-state index >= 15 is 0 Å². The SMILES string of the molecule is O=C([O-])CCN1CCC(c2noc3ccc(F)cc23)CC1. The zero-order valence-corrected chi connectivity index (χ0v) is 11.5. The second-order valence-electron chi connectivity index (χ2n) is 5.45. The van der Waals surface area contributed by atoms with Crippen LogP contribution in [-0.4, -0.2) is 35.7 Å². The summed E-state index contributed by atoms with van der Waals surface area (Å²) in [5.74, 6) is -1.08. The molecule has 6 heteroatoms. The Hall–Kier alpha value is -1.95. The van der Waals surface area contributed by atoms with Crippen molar-refractivity contribution in [1.82, 2.24) is 10.1 Å². The van der Waals surface area contributed by atoms with Crippen LogP contribution in [0.4, 0.5) is 4.39 Å². The molecule has 1 aliphatic heterocycles. The van der Waals surface area contributed by atoms with E-state index in [0.29, 0.717) is 12.1 Å². The number of piperidine rings is 1. The lowest BCUT2D eigenvalue weighted by Crippen LogP contribution is -2.36. The molecule has 0 aliphatic carbocycles. The van der Waals surface area contributed by atoms with Crippen molar-refractivity contribution in [2.75, 3.05) is 19.6 Å². The zero-order valence-electron chi connectivity index (χ0n) is 11.5. The molecule has 5 nitrogen and oxygen atoms in total. The monoisotopic (exact) mass is 291 g/mol. The smallest absolute Gasteiger partial charge is 0.167 e. The first-order valence-corrected chi connectivity index (χ1v) is 7.10. The molecule has 1 saturated heterocycles. The minimum Gasteiger partial charge on any atom is -0.550 e. The molecule has 0 atom stereocenters. The van der Waals surface area contributed by atoms with Crippen LogP contribution < -0.4 is 5.11 Å². The van der Waals surface area contributed by atoms with E-state index in [1.54, 1.807) is 6.07 Å². The Bertz CT molecular complexity index is 647. The Balaban J connectivity index is 1.68. The number of aromatic nitrogens is 1. The quantitative estimate of drug-likeness (QED) is 0.849. The number of benzene rings is 1. The van der Waals surface area contributed by atoms with Crippen LogP contribution in [0, 0.1) is 5.82 Å². The van der Waals surface area contributed by atoms with Gasteiger partial charge >= 0.3 is 0 Å². The molecule has 0 N–H and O–H groups in total. The number of likely N-dealkylation sites (tertiary alicyclic amines) is 1. The predicted octanol–water partition coefficient (Wildman–Crippen LogP) is 1.29. The summed E-state index contributed by atoms with van der Waals surface area (Å²) in [7, 11) is 0. The van der Waals surface area contributed by atoms with Gasteiger partial charge in [-0.3, -0.25) is 0 Å². The van der Waals surface area contributed by atoms with Gasteiger partial charge in [-0.05, 0) is 50.6 Å². The van der Waals surface area contributed by atoms with Crippen LogP contribution in [-0.2, 0) is 4.79 Å². The van der Waals surface area contributed by atoms with Crippen molar-refractivity contribution in [3.05, 3.63) is 29.7 Å². The van der Waals surface area contributed by atoms with Crippen molar-refractivity contribution < 1.29 is 18.8 Å². The van der Waals surface area contributed by atoms with Crippen LogP contribution in [0.2, 0.25) is 0 Å². The number of carbonyl (C=O) groups excluding carboxylic acids is 1. The van der Waals surface area contributed by atoms with Crippen LogP contribution >= 0.6 is 0 Å². The molecule has 1 aliphatic rings. The lowest BCUT2D eigenvalue weighted by molar-refractivity contribution is -0.305. The number of rotatable bonds is 4. The van der Waals surface area contributed by atoms with Gasteiger partial charge in [0.2, 0.25) is 0 Å². The topological polar surface area (TPSA) is 69.4 Å². The number of carboxylic acid groups (broad SMARTS) is 1. The molecule has 1 fully saturated rings. The maximum Gasteiger partial charge on any atom is 0.167 e. The van der Waals surface area contributed by atoms with Gasteiger partial charge in [-0.15, -0.1) is 0 Å². The summed E-state index contributed by atoms with van der Waals surface area (Å²) in [5.41, 5.74) is 1.41. The summed E-state index contributed by atoms with van der Waals surface area (Å²) in [4.78, 5) is 12.6. The minimum absolute atomic E-state index is 0.0583. The Morgan fingerprint density at radius 1 is 1.43 bits per heavy atom. The van der Waals surface area contributed by atoms with E-state index in [1.807, 2.05) is 0 Å². The van der Waals surface area contributed by atoms with E-state index in [4.69, 9.17) is 4.52 Å². The molecular formula is C15H16FN2O3-. The van der Waals surface area contributed by atoms with E-state index in [-0.39, 0.29) is 18.2 Å². The number of carbonyl (C=O) groups is 1. The average Bonchev–Trinajstić information content (AvgIpc) is 2.88. The molecule has 0 spiro atoms. The van der Waals surface area contributed by atoms with Crippen molar-refractivity contribution in [2.45, 2.75) is 25.2 Å². The van der Waals surface area contributed by atoms with Crippen molar-refractivity contribution in [1.29, 1.82) is 0 Å². The van der Waals surface area contributed by atoms with Gasteiger partial charge in [-0.25, -0.2) is 4.39 Å². The Labute approximate surface area is 121 Å². The molecule has 3 rings (SSSR count). The van der Waals surface area contributed by atoms with Crippen LogP contribution in [0.3, 0.4) is 0 Å². The number of aliphatic carboxylic acids is 1. The average molecular weight is 291 g/mol. The highest BCUT2D eigenvalue weighted by Gasteiger charge is 2.24. The molecule has 0 bridgehead atoms. The highest BCUT2D eigenvalue weighted by Crippen LogP contribution is 2.32. The molecule has 0 unspecified atom stereocenters. The molecule has 0 amide bonds. The number of halogens is 1. The summed E-state index contributed by atoms with van der Waals surface area (Å²) in [6, 6.07) is 4.42. The normalized spacial score (nSPS) is 17.4. The van der Waals surface area contributed by atoms with Crippen LogP contribution in [0.1, 0.15) is 30.9 Å². The summed E-state index contributed by atoms with van der Waals surface area (Å²) in [6.07, 6.45) is 1.79. The Morgan fingerprint density at radius 2 is 2.19 bits per heavy atom. The van der Waals surface area contributed by atoms with Crippen molar-refractivity contribution in [3.8, 4) is 0 Å². The summed E-state index contributed by atoms with van der Waals surface area (Å²) in [5, 5.41) is 15.3. The molecule has 2 heterocycles. The molecule has 0 saturated carbocycles. The fourth-order valence-corrected chi connectivity index (χ4v) is 2.90. The van der Waals surface area contributed by atoms with Gasteiger partial charge in [-0.1, -0.05) is 5.16 Å². The maximum atomic E-state index is 13.4. The van der Waals surface area contributed by atoms with E-state index in [1.165, 1.54) is 12.1 Å². The van der Waals surface area contributed by atoms with Crippen LogP contribution in [0.25, 0.3) is 11.0 Å². The molecule has 1 aromatic heterocycles. The van der Waals surface area contributed by atoms with Gasteiger partial charge in [0.1, 0.15) is 5.82 Å². The van der Waals surface area contributed by atoms with E-state index in [2.05, 4.69) is 10.1 Å². The third-order valence-corrected chi connectivity index (χ3v) is 4.07. The third-order valence-electron chi connectivity index (χ3n) is 4.07. The van der Waals surface area contributed by atoms with Gasteiger partial charge in [0.25, 0.3) is 0 Å². The number of hydrogen-bond acceptors (Lipinski definition) is 5. The third kappa shape index (κ3) is 3.05. The fraction of sp³-hybridized carbons (Fsp3) is 0.467. The molecular weight excluding hydrogens is 275 g/mol. The van der Waals surface area contributed by atoms with Crippen molar-refractivity contribution in [3.63, 3.8) is 0 Å². The molecule has 0 radical (unpaired) electrons. The lowest BCUT2D eigenvalue weighted by atomic mass is 9.91. The standard InChI is InChI=1S/C15H17FN2O3/c16-11-1-2-13-12(9-11)15(17-21-13)10-3-6-18(7-4-10)8-5-14(19)20/h1-2,9-10H,3-8H2,(H,19,20)/p-1. The number of fused-ring (bicyclic) bond motifs is 1. The summed E-state index contributed by atoms with van der Waals surface area (Å²) >= 11 is 0. The maximum absolute atomic E-state index is 13.4. The zero-order chi connectivity index (χ0) is 14.8.